The molecule has 0 aliphatic carbocycles. The molecule has 1 heterocycles. The first kappa shape index (κ1) is 6.73. The summed E-state index contributed by atoms with van der Waals surface area (Å²) in [5.74, 6) is -0.834. The lowest BCUT2D eigenvalue weighted by atomic mass is 10.3. The van der Waals surface area contributed by atoms with Crippen molar-refractivity contribution in [2.45, 2.75) is 6.42 Å². The van der Waals surface area contributed by atoms with Crippen LogP contribution in [0.1, 0.15) is 6.42 Å². The summed E-state index contributed by atoms with van der Waals surface area (Å²) in [5.41, 5.74) is 2.26. The second-order valence-corrected chi connectivity index (χ2v) is 1.76. The molecular weight excluding hydrogens is 136 g/mol. The Balaban J connectivity index is 2.59. The van der Waals surface area contributed by atoms with Crippen molar-refractivity contribution in [3.05, 3.63) is 0 Å². The minimum atomic E-state index is -0.557. The molecule has 5 nitrogen and oxygen atoms in total. The Morgan fingerprint density at radius 2 is 2.50 bits per heavy atom. The van der Waals surface area contributed by atoms with E-state index in [1.54, 1.807) is 0 Å². The van der Waals surface area contributed by atoms with Crippen molar-refractivity contribution in [3.8, 4) is 0 Å². The van der Waals surface area contributed by atoms with E-state index in [1.807, 2.05) is 0 Å². The van der Waals surface area contributed by atoms with E-state index in [0.29, 0.717) is 0 Å². The maximum Gasteiger partial charge on any atom is 0.354 e. The molecule has 0 spiro atoms. The number of carbonyl (C=O) groups is 2. The SMILES string of the molecule is COC(=O)C1=NNC(=O)C1. The summed E-state index contributed by atoms with van der Waals surface area (Å²) in [6, 6.07) is 0. The van der Waals surface area contributed by atoms with Gasteiger partial charge in [0, 0.05) is 0 Å². The fourth-order valence-corrected chi connectivity index (χ4v) is 0.597. The number of nitrogens with one attached hydrogen (secondary N) is 1. The minimum Gasteiger partial charge on any atom is -0.464 e. The maximum atomic E-state index is 10.6. The third kappa shape index (κ3) is 1.12. The van der Waals surface area contributed by atoms with Crippen molar-refractivity contribution < 1.29 is 14.3 Å². The first-order chi connectivity index (χ1) is 4.74. The topological polar surface area (TPSA) is 67.8 Å². The number of carbonyl (C=O) groups excluding carboxylic acids is 2. The molecule has 1 rings (SSSR count). The number of ether oxygens (including phenoxy) is 1. The molecule has 1 N–H and O–H groups in total. The number of amides is 1. The monoisotopic (exact) mass is 142 g/mol. The smallest absolute Gasteiger partial charge is 0.354 e. The highest BCUT2D eigenvalue weighted by atomic mass is 16.5. The van der Waals surface area contributed by atoms with Crippen LogP contribution >= 0.6 is 0 Å². The fraction of sp³-hybridized carbons (Fsp3) is 0.400. The minimum absolute atomic E-state index is 0.0205. The molecule has 0 atom stereocenters. The highest BCUT2D eigenvalue weighted by Crippen LogP contribution is 1.96. The molecule has 1 aliphatic rings. The van der Waals surface area contributed by atoms with E-state index in [2.05, 4.69) is 15.3 Å². The van der Waals surface area contributed by atoms with Gasteiger partial charge in [-0.05, 0) is 0 Å². The summed E-state index contributed by atoms with van der Waals surface area (Å²) in [4.78, 5) is 21.1. The largest absolute Gasteiger partial charge is 0.464 e. The van der Waals surface area contributed by atoms with Crippen LogP contribution in [0.25, 0.3) is 0 Å². The molecule has 0 radical (unpaired) electrons. The maximum absolute atomic E-state index is 10.6. The van der Waals surface area contributed by atoms with Crippen LogP contribution in [0.4, 0.5) is 0 Å². The summed E-state index contributed by atoms with van der Waals surface area (Å²) in [6.07, 6.45) is 0.0205. The first-order valence-electron chi connectivity index (χ1n) is 2.67. The zero-order valence-corrected chi connectivity index (χ0v) is 5.38. The molecule has 0 bridgehead atoms. The second-order valence-electron chi connectivity index (χ2n) is 1.76. The van der Waals surface area contributed by atoms with Gasteiger partial charge in [-0.2, -0.15) is 5.10 Å². The molecule has 5 heteroatoms. The van der Waals surface area contributed by atoms with Gasteiger partial charge in [0.15, 0.2) is 5.71 Å². The molecule has 0 aromatic carbocycles. The Kier molecular flexibility index (Phi) is 1.66. The molecule has 54 valence electrons. The molecule has 0 unspecified atom stereocenters. The van der Waals surface area contributed by atoms with Crippen molar-refractivity contribution in [2.24, 2.45) is 5.10 Å². The Morgan fingerprint density at radius 1 is 1.80 bits per heavy atom. The zero-order valence-electron chi connectivity index (χ0n) is 5.38. The van der Waals surface area contributed by atoms with Gasteiger partial charge < -0.3 is 4.74 Å². The Morgan fingerprint density at radius 3 is 2.90 bits per heavy atom. The molecular formula is C5H6N2O3. The number of nitrogens with zero attached hydrogens (tertiary/aromatic N) is 1. The Bertz CT molecular complexity index is 209. The van der Waals surface area contributed by atoms with Crippen LogP contribution in [0.15, 0.2) is 5.10 Å². The van der Waals surface area contributed by atoms with Gasteiger partial charge in [-0.15, -0.1) is 0 Å². The predicted octanol–water partition coefficient (Wildman–Crippen LogP) is -0.965. The van der Waals surface area contributed by atoms with E-state index in [0.717, 1.165) is 0 Å². The zero-order chi connectivity index (χ0) is 7.56. The van der Waals surface area contributed by atoms with E-state index in [1.165, 1.54) is 7.11 Å². The van der Waals surface area contributed by atoms with Gasteiger partial charge in [-0.25, -0.2) is 10.2 Å². The summed E-state index contributed by atoms with van der Waals surface area (Å²) in [7, 11) is 1.24. The highest BCUT2D eigenvalue weighted by molar-refractivity contribution is 6.40. The standard InChI is InChI=1S/C5H6N2O3/c1-10-5(9)3-2-4(8)7-6-3/h2H2,1H3,(H,7,8). The molecule has 0 saturated carbocycles. The second kappa shape index (κ2) is 2.47. The molecule has 1 amide bonds. The van der Waals surface area contributed by atoms with Gasteiger partial charge in [0.05, 0.1) is 13.5 Å². The predicted molar refractivity (Wildman–Crippen MR) is 32.2 cm³/mol. The molecule has 0 aromatic rings. The number of rotatable bonds is 1. The molecule has 0 saturated heterocycles. The van der Waals surface area contributed by atoms with Crippen molar-refractivity contribution >= 4 is 17.6 Å². The summed E-state index contributed by atoms with van der Waals surface area (Å²) in [6.45, 7) is 0. The van der Waals surface area contributed by atoms with E-state index in [4.69, 9.17) is 0 Å². The number of hydrazone groups is 1. The lowest BCUT2D eigenvalue weighted by Gasteiger charge is -1.91. The van der Waals surface area contributed by atoms with Crippen LogP contribution in [-0.2, 0) is 14.3 Å². The van der Waals surface area contributed by atoms with Gasteiger partial charge in [0.1, 0.15) is 0 Å². The molecule has 0 fully saturated rings. The summed E-state index contributed by atoms with van der Waals surface area (Å²) in [5, 5.41) is 3.43. The van der Waals surface area contributed by atoms with Crippen LogP contribution in [0.5, 0.6) is 0 Å². The van der Waals surface area contributed by atoms with Crippen molar-refractivity contribution in [3.63, 3.8) is 0 Å². The number of hydrogen-bond donors (Lipinski definition) is 1. The average molecular weight is 142 g/mol. The summed E-state index contributed by atoms with van der Waals surface area (Å²) < 4.78 is 4.32. The number of methoxy groups -OCH3 is 1. The van der Waals surface area contributed by atoms with Crippen LogP contribution in [0.2, 0.25) is 0 Å². The lowest BCUT2D eigenvalue weighted by molar-refractivity contribution is -0.133. The van der Waals surface area contributed by atoms with Crippen molar-refractivity contribution in [2.75, 3.05) is 7.11 Å². The molecule has 0 aromatic heterocycles. The third-order valence-corrected chi connectivity index (χ3v) is 1.06. The highest BCUT2D eigenvalue weighted by Gasteiger charge is 2.21. The van der Waals surface area contributed by atoms with Crippen LogP contribution in [0.3, 0.4) is 0 Å². The molecule has 1 aliphatic heterocycles. The fourth-order valence-electron chi connectivity index (χ4n) is 0.597. The van der Waals surface area contributed by atoms with E-state index in [9.17, 15) is 9.59 Å². The number of hydrogen-bond acceptors (Lipinski definition) is 4. The molecule has 10 heavy (non-hydrogen) atoms. The van der Waals surface area contributed by atoms with Gasteiger partial charge in [0.2, 0.25) is 5.91 Å². The van der Waals surface area contributed by atoms with Crippen molar-refractivity contribution in [1.29, 1.82) is 0 Å². The van der Waals surface area contributed by atoms with Gasteiger partial charge >= 0.3 is 5.97 Å². The quantitative estimate of drug-likeness (QED) is 0.479. The van der Waals surface area contributed by atoms with Gasteiger partial charge in [-0.3, -0.25) is 4.79 Å². The Labute approximate surface area is 57.0 Å². The van der Waals surface area contributed by atoms with Crippen LogP contribution < -0.4 is 5.43 Å². The Hall–Kier alpha value is -1.39. The van der Waals surface area contributed by atoms with Gasteiger partial charge in [-0.1, -0.05) is 0 Å². The first-order valence-corrected chi connectivity index (χ1v) is 2.67. The van der Waals surface area contributed by atoms with Crippen molar-refractivity contribution in [1.82, 2.24) is 5.43 Å². The van der Waals surface area contributed by atoms with Crippen LogP contribution in [-0.4, -0.2) is 24.7 Å². The third-order valence-electron chi connectivity index (χ3n) is 1.06. The van der Waals surface area contributed by atoms with E-state index >= 15 is 0 Å². The van der Waals surface area contributed by atoms with Crippen LogP contribution in [0, 0.1) is 0 Å². The number of esters is 1. The van der Waals surface area contributed by atoms with Gasteiger partial charge in [0.25, 0.3) is 0 Å². The van der Waals surface area contributed by atoms with E-state index < -0.39 is 5.97 Å². The van der Waals surface area contributed by atoms with E-state index in [-0.39, 0.29) is 18.0 Å². The lowest BCUT2D eigenvalue weighted by Crippen LogP contribution is -2.14. The normalized spacial score (nSPS) is 16.1. The average Bonchev–Trinajstić information content (AvgIpc) is 2.34. The summed E-state index contributed by atoms with van der Waals surface area (Å²) >= 11 is 0.